The molecule has 0 aliphatic heterocycles. The van der Waals surface area contributed by atoms with Gasteiger partial charge in [0.15, 0.2) is 6.61 Å². The Kier molecular flexibility index (Phi) is 4.38. The summed E-state index contributed by atoms with van der Waals surface area (Å²) in [4.78, 5) is 0. The zero-order valence-electron chi connectivity index (χ0n) is 10.6. The van der Waals surface area contributed by atoms with Gasteiger partial charge in [0.2, 0.25) is 0 Å². The molecule has 2 rings (SSSR count). The van der Waals surface area contributed by atoms with Crippen molar-refractivity contribution >= 4 is 17.4 Å². The fraction of sp³-hybridized carbons (Fsp3) is 0.500. The van der Waals surface area contributed by atoms with Gasteiger partial charge < -0.3 is 10.1 Å². The highest BCUT2D eigenvalue weighted by atomic mass is 32.2. The minimum atomic E-state index is 0.0954. The fourth-order valence-corrected chi connectivity index (χ4v) is 3.01. The third kappa shape index (κ3) is 3.11. The molecule has 0 bridgehead atoms. The number of benzene rings is 1. The predicted molar refractivity (Wildman–Crippen MR) is 76.1 cm³/mol. The van der Waals surface area contributed by atoms with Crippen LogP contribution in [-0.2, 0) is 0 Å². The second-order valence-electron chi connectivity index (χ2n) is 4.57. The van der Waals surface area contributed by atoms with E-state index in [9.17, 15) is 0 Å². The first kappa shape index (κ1) is 13.1. The van der Waals surface area contributed by atoms with Crippen LogP contribution in [-0.4, -0.2) is 24.2 Å². The third-order valence-electron chi connectivity index (χ3n) is 3.45. The molecule has 1 aromatic carbocycles. The Hall–Kier alpha value is -1.34. The number of hydrogen-bond acceptors (Lipinski definition) is 4. The number of nitriles is 1. The summed E-state index contributed by atoms with van der Waals surface area (Å²) in [5, 5.41) is 12.0. The van der Waals surface area contributed by atoms with Crippen LogP contribution in [0.4, 0.5) is 5.69 Å². The van der Waals surface area contributed by atoms with E-state index >= 15 is 0 Å². The van der Waals surface area contributed by atoms with Crippen molar-refractivity contribution in [2.24, 2.45) is 0 Å². The highest BCUT2D eigenvalue weighted by Gasteiger charge is 2.35. The summed E-state index contributed by atoms with van der Waals surface area (Å²) in [5.41, 5.74) is 1.06. The first-order chi connectivity index (χ1) is 8.78. The van der Waals surface area contributed by atoms with E-state index in [1.165, 1.54) is 19.3 Å². The topological polar surface area (TPSA) is 45.0 Å². The first-order valence-corrected chi connectivity index (χ1v) is 7.39. The van der Waals surface area contributed by atoms with Gasteiger partial charge in [-0.2, -0.15) is 17.0 Å². The molecule has 1 aromatic rings. The quantitative estimate of drug-likeness (QED) is 0.854. The molecule has 96 valence electrons. The van der Waals surface area contributed by atoms with Crippen molar-refractivity contribution in [3.8, 4) is 11.8 Å². The summed E-state index contributed by atoms with van der Waals surface area (Å²) in [7, 11) is 0. The molecule has 18 heavy (non-hydrogen) atoms. The highest BCUT2D eigenvalue weighted by molar-refractivity contribution is 8.00. The van der Waals surface area contributed by atoms with E-state index in [1.54, 1.807) is 0 Å². The highest BCUT2D eigenvalue weighted by Crippen LogP contribution is 2.42. The number of nitrogens with one attached hydrogen (secondary N) is 1. The number of rotatable bonds is 6. The monoisotopic (exact) mass is 262 g/mol. The summed E-state index contributed by atoms with van der Waals surface area (Å²) in [6.07, 6.45) is 6.12. The lowest BCUT2D eigenvalue weighted by molar-refractivity contribution is 0.368. The molecule has 1 saturated carbocycles. The number of hydrogen-bond donors (Lipinski definition) is 1. The Morgan fingerprint density at radius 2 is 2.33 bits per heavy atom. The average Bonchev–Trinajstić information content (AvgIpc) is 2.36. The lowest BCUT2D eigenvalue weighted by Crippen LogP contribution is -2.40. The van der Waals surface area contributed by atoms with E-state index in [1.807, 2.05) is 42.1 Å². The third-order valence-corrected chi connectivity index (χ3v) is 4.87. The van der Waals surface area contributed by atoms with E-state index in [2.05, 4.69) is 11.6 Å². The van der Waals surface area contributed by atoms with Crippen molar-refractivity contribution in [1.82, 2.24) is 0 Å². The molecular weight excluding hydrogens is 244 g/mol. The second-order valence-corrected chi connectivity index (χ2v) is 5.84. The van der Waals surface area contributed by atoms with E-state index < -0.39 is 0 Å². The average molecular weight is 262 g/mol. The van der Waals surface area contributed by atoms with Crippen LogP contribution in [0.15, 0.2) is 24.3 Å². The predicted octanol–water partition coefficient (Wildman–Crippen LogP) is 3.29. The van der Waals surface area contributed by atoms with Crippen LogP contribution in [0.5, 0.6) is 5.75 Å². The molecule has 1 aliphatic rings. The smallest absolute Gasteiger partial charge is 0.174 e. The first-order valence-electron chi connectivity index (χ1n) is 6.17. The Morgan fingerprint density at radius 1 is 1.50 bits per heavy atom. The van der Waals surface area contributed by atoms with Gasteiger partial charge >= 0.3 is 0 Å². The van der Waals surface area contributed by atoms with Gasteiger partial charge in [-0.1, -0.05) is 12.5 Å². The van der Waals surface area contributed by atoms with E-state index in [0.717, 1.165) is 18.0 Å². The molecule has 0 amide bonds. The molecule has 0 aromatic heterocycles. The molecule has 1 fully saturated rings. The molecule has 4 heteroatoms. The van der Waals surface area contributed by atoms with Gasteiger partial charge in [0.25, 0.3) is 0 Å². The van der Waals surface area contributed by atoms with Gasteiger partial charge in [0, 0.05) is 23.0 Å². The van der Waals surface area contributed by atoms with Crippen LogP contribution in [0.3, 0.4) is 0 Å². The second kappa shape index (κ2) is 6.01. The minimum absolute atomic E-state index is 0.0954. The standard InChI is InChI=1S/C14H18N2OS/c1-18-14(6-3-7-14)11-16-12-4-2-5-13(10-12)17-9-8-15/h2,4-5,10,16H,3,6-7,9,11H2,1H3. The molecule has 0 spiro atoms. The summed E-state index contributed by atoms with van der Waals surface area (Å²) in [6, 6.07) is 9.77. The number of ether oxygens (including phenoxy) is 1. The molecule has 1 N–H and O–H groups in total. The molecule has 0 unspecified atom stereocenters. The van der Waals surface area contributed by atoms with Crippen LogP contribution < -0.4 is 10.1 Å². The zero-order chi connectivity index (χ0) is 12.8. The van der Waals surface area contributed by atoms with Gasteiger partial charge in [0.05, 0.1) is 0 Å². The normalized spacial score (nSPS) is 16.4. The molecule has 3 nitrogen and oxygen atoms in total. The van der Waals surface area contributed by atoms with E-state index in [-0.39, 0.29) is 6.61 Å². The molecule has 1 aliphatic carbocycles. The number of anilines is 1. The molecule has 0 radical (unpaired) electrons. The SMILES string of the molecule is CSC1(CNc2cccc(OCC#N)c2)CCC1. The van der Waals surface area contributed by atoms with Crippen molar-refractivity contribution in [2.45, 2.75) is 24.0 Å². The van der Waals surface area contributed by atoms with E-state index in [4.69, 9.17) is 10.00 Å². The number of thioether (sulfide) groups is 1. The van der Waals surface area contributed by atoms with Crippen molar-refractivity contribution in [1.29, 1.82) is 5.26 Å². The minimum Gasteiger partial charge on any atom is -0.479 e. The van der Waals surface area contributed by atoms with Crippen molar-refractivity contribution < 1.29 is 4.74 Å². The van der Waals surface area contributed by atoms with Crippen LogP contribution >= 0.6 is 11.8 Å². The van der Waals surface area contributed by atoms with Crippen molar-refractivity contribution in [3.05, 3.63) is 24.3 Å². The van der Waals surface area contributed by atoms with Crippen molar-refractivity contribution in [3.63, 3.8) is 0 Å². The van der Waals surface area contributed by atoms with Gasteiger partial charge in [-0.3, -0.25) is 0 Å². The largest absolute Gasteiger partial charge is 0.479 e. The van der Waals surface area contributed by atoms with Gasteiger partial charge in [-0.05, 0) is 31.2 Å². The molecular formula is C14H18N2OS. The van der Waals surface area contributed by atoms with Gasteiger partial charge in [-0.25, -0.2) is 0 Å². The summed E-state index contributed by atoms with van der Waals surface area (Å²) < 4.78 is 5.71. The molecule has 0 saturated heterocycles. The Balaban J connectivity index is 1.91. The Labute approximate surface area is 113 Å². The van der Waals surface area contributed by atoms with Crippen LogP contribution in [0, 0.1) is 11.3 Å². The van der Waals surface area contributed by atoms with Gasteiger partial charge in [0.1, 0.15) is 11.8 Å². The summed E-state index contributed by atoms with van der Waals surface area (Å²) in [5.74, 6) is 0.744. The van der Waals surface area contributed by atoms with Crippen molar-refractivity contribution in [2.75, 3.05) is 24.7 Å². The lowest BCUT2D eigenvalue weighted by Gasteiger charge is -2.40. The molecule has 0 atom stereocenters. The van der Waals surface area contributed by atoms with Crippen LogP contribution in [0.25, 0.3) is 0 Å². The lowest BCUT2D eigenvalue weighted by atomic mass is 9.84. The van der Waals surface area contributed by atoms with Crippen LogP contribution in [0.2, 0.25) is 0 Å². The van der Waals surface area contributed by atoms with E-state index in [0.29, 0.717) is 4.75 Å². The zero-order valence-corrected chi connectivity index (χ0v) is 11.4. The van der Waals surface area contributed by atoms with Gasteiger partial charge in [-0.15, -0.1) is 0 Å². The maximum Gasteiger partial charge on any atom is 0.174 e. The Bertz CT molecular complexity index is 432. The maximum absolute atomic E-state index is 8.48. The maximum atomic E-state index is 8.48. The summed E-state index contributed by atoms with van der Waals surface area (Å²) in [6.45, 7) is 1.09. The number of nitrogens with zero attached hydrogens (tertiary/aromatic N) is 1. The fourth-order valence-electron chi connectivity index (χ4n) is 2.10. The van der Waals surface area contributed by atoms with Crippen LogP contribution in [0.1, 0.15) is 19.3 Å². The summed E-state index contributed by atoms with van der Waals surface area (Å²) >= 11 is 1.96. The molecule has 0 heterocycles. The Morgan fingerprint density at radius 3 is 2.94 bits per heavy atom.